The summed E-state index contributed by atoms with van der Waals surface area (Å²) in [4.78, 5) is 37.5. The second-order valence-electron chi connectivity index (χ2n) is 28.5. The highest BCUT2D eigenvalue weighted by atomic mass is 35.5. The summed E-state index contributed by atoms with van der Waals surface area (Å²) in [7, 11) is -0.303. The number of carboxylic acid groups (broad SMARTS) is 1. The smallest absolute Gasteiger partial charge is 0.435 e. The van der Waals surface area contributed by atoms with Crippen LogP contribution in [-0.4, -0.2) is 146 Å². The van der Waals surface area contributed by atoms with Crippen molar-refractivity contribution in [3.63, 3.8) is 0 Å². The zero-order valence-electron chi connectivity index (χ0n) is 60.3. The lowest BCUT2D eigenvalue weighted by Gasteiger charge is -2.24. The molecule has 0 spiro atoms. The summed E-state index contributed by atoms with van der Waals surface area (Å²) < 4.78 is 248. The number of likely N-dealkylation sites (N-methyl/N-ethyl adjacent to an activating group) is 2. The molecule has 40 heteroatoms. The van der Waals surface area contributed by atoms with E-state index < -0.39 is 174 Å². The van der Waals surface area contributed by atoms with Crippen LogP contribution in [0.5, 0.6) is 0 Å². The average Bonchev–Trinajstić information content (AvgIpc) is 1.52. The zero-order chi connectivity index (χ0) is 82.6. The number of carbonyl (C=O) groups is 2. The Morgan fingerprint density at radius 2 is 0.965 bits per heavy atom. The van der Waals surface area contributed by atoms with Crippen molar-refractivity contribution in [3.05, 3.63) is 186 Å². The minimum absolute atomic E-state index is 0.0121. The van der Waals surface area contributed by atoms with Crippen molar-refractivity contribution in [1.29, 1.82) is 0 Å². The van der Waals surface area contributed by atoms with Crippen LogP contribution in [0.2, 0.25) is 10.0 Å². The number of rotatable bonds is 24. The lowest BCUT2D eigenvalue weighted by Crippen LogP contribution is -2.25. The predicted octanol–water partition coefficient (Wildman–Crippen LogP) is 12.9. The molecule has 6 atom stereocenters. The molecule has 4 aliphatic carbocycles. The van der Waals surface area contributed by atoms with Gasteiger partial charge in [0.25, 0.3) is 11.8 Å². The summed E-state index contributed by atoms with van der Waals surface area (Å²) in [6.45, 7) is -1.86. The number of pyridine rings is 2. The molecule has 0 radical (unpaired) electrons. The van der Waals surface area contributed by atoms with Gasteiger partial charge in [-0.25, -0.2) is 44.4 Å². The Bertz CT molecular complexity index is 5640. The fourth-order valence-electron chi connectivity index (χ4n) is 15.2. The number of halogens is 16. The SMILES string of the molecule is CN(CCO)c1ccc(-c2ccc(Cl)c3c(CS(C)(=O)=O)nn(C)c23)c([C@@H](CC(=O)Cn2nc(C(F)(F)F)c3c2C(F)(F)[C@@H]2C[C@H]32)Cc2cc(F)cc(F)c2)n1.CN(CCO)c1ccc(-c2ccc(Cl)c3c(CS(C)(=O)=O)nn(C)c23)c([C@@H](N)Cc2cc(F)cc(F)c2)n1.O=C(O)Cn1nc(C(F)(F)F)c2c1C(F)(F)[C@@H]1C[C@H]21. The van der Waals surface area contributed by atoms with E-state index in [-0.39, 0.29) is 77.9 Å². The van der Waals surface area contributed by atoms with Crippen LogP contribution in [-0.2, 0) is 105 Å². The molecule has 14 rings (SSSR count). The molecule has 4 aromatic carbocycles. The van der Waals surface area contributed by atoms with Gasteiger partial charge in [-0.1, -0.05) is 35.3 Å². The quantitative estimate of drug-likeness (QED) is 0.0409. The first-order valence-electron chi connectivity index (χ1n) is 34.5. The average molecular weight is 1670 g/mol. The van der Waals surface area contributed by atoms with Crippen LogP contribution >= 0.6 is 23.2 Å². The summed E-state index contributed by atoms with van der Waals surface area (Å²) in [5, 5.41) is 44.4. The van der Waals surface area contributed by atoms with Gasteiger partial charge < -0.3 is 30.9 Å². The van der Waals surface area contributed by atoms with Gasteiger partial charge in [0, 0.05) is 134 Å². The molecule has 2 saturated carbocycles. The highest BCUT2D eigenvalue weighted by Crippen LogP contribution is 2.70. The van der Waals surface area contributed by atoms with Gasteiger partial charge in [-0.2, -0.15) is 64.3 Å². The van der Waals surface area contributed by atoms with Gasteiger partial charge >= 0.3 is 18.3 Å². The Hall–Kier alpha value is -9.34. The Morgan fingerprint density at radius 1 is 0.584 bits per heavy atom. The Balaban J connectivity index is 0.000000177. The minimum Gasteiger partial charge on any atom is -0.480 e. The number of Topliss-reactive ketones (excluding diaryl/α,β-unsaturated/α-hetero) is 1. The first-order chi connectivity index (χ1) is 52.7. The Morgan fingerprint density at radius 3 is 1.35 bits per heavy atom. The van der Waals surface area contributed by atoms with Crippen LogP contribution in [0.4, 0.5) is 73.1 Å². The summed E-state index contributed by atoms with van der Waals surface area (Å²) in [5.74, 6) is -18.0. The predicted molar refractivity (Wildman–Crippen MR) is 387 cm³/mol. The van der Waals surface area contributed by atoms with Gasteiger partial charge in [0.15, 0.2) is 36.8 Å². The van der Waals surface area contributed by atoms with Crippen molar-refractivity contribution in [1.82, 2.24) is 49.1 Å². The van der Waals surface area contributed by atoms with E-state index in [1.165, 1.54) is 22.9 Å². The topological polar surface area (TPSA) is 293 Å². The fraction of sp³-hybridized carbons (Fsp3) is 0.397. The number of ketones is 1. The normalized spacial score (nSPS) is 17.7. The number of alkyl halides is 10. The number of aliphatic carboxylic acids is 1. The number of sulfone groups is 2. The second-order valence-corrected chi connectivity index (χ2v) is 33.6. The van der Waals surface area contributed by atoms with Crippen molar-refractivity contribution in [2.75, 3.05) is 62.7 Å². The van der Waals surface area contributed by atoms with Crippen LogP contribution < -0.4 is 15.5 Å². The molecule has 0 unspecified atom stereocenters. The third kappa shape index (κ3) is 17.1. The maximum atomic E-state index is 15.4. The number of nitrogens with two attached hydrogens (primary N) is 1. The first-order valence-corrected chi connectivity index (χ1v) is 39.4. The molecule has 5 N–H and O–H groups in total. The molecule has 2 fully saturated rings. The van der Waals surface area contributed by atoms with Crippen molar-refractivity contribution >= 4 is 88.1 Å². The second kappa shape index (κ2) is 30.8. The first kappa shape index (κ1) is 83.1. The molecule has 6 heterocycles. The van der Waals surface area contributed by atoms with Gasteiger partial charge in [-0.05, 0) is 109 Å². The van der Waals surface area contributed by atoms with E-state index in [0.717, 1.165) is 30.7 Å². The van der Waals surface area contributed by atoms with E-state index in [4.69, 9.17) is 44.0 Å². The van der Waals surface area contributed by atoms with Gasteiger partial charge in [0.1, 0.15) is 59.4 Å². The molecular weight excluding hydrogens is 1600 g/mol. The fourth-order valence-corrected chi connectivity index (χ4v) is 17.1. The number of benzene rings is 4. The molecule has 22 nitrogen and oxygen atoms in total. The number of aryl methyl sites for hydroxylation is 2. The minimum atomic E-state index is -5.05. The third-order valence-electron chi connectivity index (χ3n) is 19.9. The number of aliphatic hydroxyl groups is 2. The number of nitrogens with zero attached hydrogens (tertiary/aromatic N) is 12. The molecule has 0 amide bonds. The van der Waals surface area contributed by atoms with E-state index in [1.54, 1.807) is 79.1 Å². The van der Waals surface area contributed by atoms with Crippen LogP contribution in [0.3, 0.4) is 0 Å². The van der Waals surface area contributed by atoms with Crippen molar-refractivity contribution in [2.45, 2.75) is 105 Å². The highest BCUT2D eigenvalue weighted by Gasteiger charge is 2.69. The lowest BCUT2D eigenvalue weighted by molar-refractivity contribution is -0.143. The monoisotopic (exact) mass is 1670 g/mol. The van der Waals surface area contributed by atoms with Crippen LogP contribution in [0.1, 0.15) is 111 Å². The zero-order valence-corrected chi connectivity index (χ0v) is 63.5. The number of aromatic nitrogens is 10. The van der Waals surface area contributed by atoms with Crippen LogP contribution in [0.25, 0.3) is 44.1 Å². The van der Waals surface area contributed by atoms with E-state index in [0.29, 0.717) is 95.0 Å². The number of hydrogen-bond donors (Lipinski definition) is 4. The van der Waals surface area contributed by atoms with Crippen LogP contribution in [0, 0.1) is 35.1 Å². The molecule has 0 saturated heterocycles. The summed E-state index contributed by atoms with van der Waals surface area (Å²) in [6, 6.07) is 18.7. The van der Waals surface area contributed by atoms with Gasteiger partial charge in [-0.3, -0.25) is 28.3 Å². The molecule has 4 aliphatic rings. The Kier molecular flexibility index (Phi) is 22.6. The van der Waals surface area contributed by atoms with E-state index in [2.05, 4.69) is 20.4 Å². The van der Waals surface area contributed by atoms with Gasteiger partial charge in [0.05, 0.1) is 74.6 Å². The molecule has 10 aromatic rings. The molecular formula is C73H69Cl2F14N13O9S2. The van der Waals surface area contributed by atoms with E-state index >= 15 is 8.78 Å². The lowest BCUT2D eigenvalue weighted by atomic mass is 9.86. The Labute approximate surface area is 644 Å². The van der Waals surface area contributed by atoms with Gasteiger partial charge in [-0.15, -0.1) is 0 Å². The van der Waals surface area contributed by atoms with Crippen molar-refractivity contribution in [2.24, 2.45) is 31.7 Å². The third-order valence-corrected chi connectivity index (χ3v) is 22.1. The molecule has 113 heavy (non-hydrogen) atoms. The summed E-state index contributed by atoms with van der Waals surface area (Å²) in [6.07, 6.45) is -8.59. The van der Waals surface area contributed by atoms with E-state index in [9.17, 15) is 89.3 Å². The number of carbonyl (C=O) groups excluding carboxylic acids is 1. The largest absolute Gasteiger partial charge is 0.480 e. The van der Waals surface area contributed by atoms with Crippen LogP contribution in [0.15, 0.2) is 84.9 Å². The number of carboxylic acids is 1. The van der Waals surface area contributed by atoms with Crippen molar-refractivity contribution < 1.29 is 103 Å². The maximum absolute atomic E-state index is 15.4. The molecule has 6 aromatic heterocycles. The molecule has 0 aliphatic heterocycles. The maximum Gasteiger partial charge on any atom is 0.435 e. The number of fused-ring (bicyclic) bond motifs is 8. The number of aliphatic hydroxyl groups excluding tert-OH is 2. The highest BCUT2D eigenvalue weighted by molar-refractivity contribution is 7.90. The molecule has 0 bridgehead atoms. The summed E-state index contributed by atoms with van der Waals surface area (Å²) >= 11 is 13.1. The number of hydrogen-bond acceptors (Lipinski definition) is 17. The van der Waals surface area contributed by atoms with Crippen molar-refractivity contribution in [3.8, 4) is 22.3 Å². The van der Waals surface area contributed by atoms with Gasteiger partial charge in [0.2, 0.25) is 0 Å². The van der Waals surface area contributed by atoms with E-state index in [1.807, 2.05) is 6.07 Å². The molecule has 604 valence electrons. The number of anilines is 2. The standard InChI is InChI=1S/C37H34ClF7N6O4S.C26H28ClF2N5O3S.C10H7F5N2O2/c1-49(8-9-52)29-7-5-23(24-4-6-27(38)31-28(17-56(3,54)55)47-50(2)33(24)31)32(46-29)19(10-18-11-20(39)14-21(40)12-18)13-22(53)16-51-35-30(34(48-51)37(43,44)45)25-15-26(25)36(35,41)42;1-33(8-9-35)23-7-5-18(25(31-23)21(30)12-15-10-16(28)13-17(29)11-15)19-4-6-20(27)24-22(14-38(3,36)37)32-34(2)26(19)24;11-9(12)4-1-3(4)6-7(10(13,14)15)16-17(8(6)9)2-5(18)19/h4-7,11-12,14,19,25-26,52H,8-10,13,15-17H2,1-3H3;4-7,10-11,13,21,35H,8-9,12,14,30H2,1-3H3;3-4H,1-2H2,(H,18,19)/t19-,25+,26-;21-;3-,4+/m100/s1. The summed E-state index contributed by atoms with van der Waals surface area (Å²) in [5.41, 5.74) is 5.40.